The van der Waals surface area contributed by atoms with E-state index in [1.54, 1.807) is 0 Å². The lowest BCUT2D eigenvalue weighted by Crippen LogP contribution is -1.97. The number of rotatable bonds is 6. The second-order valence-electron chi connectivity index (χ2n) is 16.5. The van der Waals surface area contributed by atoms with E-state index in [1.807, 2.05) is 12.1 Å². The van der Waals surface area contributed by atoms with E-state index in [0.29, 0.717) is 0 Å². The van der Waals surface area contributed by atoms with Gasteiger partial charge >= 0.3 is 0 Å². The Morgan fingerprint density at radius 2 is 0.797 bits per heavy atom. The SMILES string of the molecule is c1ccc(-c2nc3ccc(-c4cccc(-n5c6ccccc6c6cc7c8c9ccccc9c(-c9ccccc9)cc8n(-c8ccccc8)c7cc65)c4)cc3nc2-c2ccccc2)cc1. The van der Waals surface area contributed by atoms with E-state index in [1.165, 1.54) is 60.0 Å². The summed E-state index contributed by atoms with van der Waals surface area (Å²) < 4.78 is 4.90. The first-order chi connectivity index (χ1) is 31.7. The maximum absolute atomic E-state index is 5.31. The minimum Gasteiger partial charge on any atom is -0.309 e. The molecule has 4 nitrogen and oxygen atoms in total. The molecule has 4 heteroatoms. The zero-order chi connectivity index (χ0) is 42.1. The van der Waals surface area contributed by atoms with Gasteiger partial charge in [0.05, 0.1) is 44.5 Å². The summed E-state index contributed by atoms with van der Waals surface area (Å²) in [6, 6.07) is 82.7. The van der Waals surface area contributed by atoms with Crippen LogP contribution in [0.3, 0.4) is 0 Å². The van der Waals surface area contributed by atoms with Crippen LogP contribution in [0.2, 0.25) is 0 Å². The molecule has 0 amide bonds. The van der Waals surface area contributed by atoms with Crippen LogP contribution in [0.4, 0.5) is 0 Å². The number of hydrogen-bond acceptors (Lipinski definition) is 2. The van der Waals surface area contributed by atoms with Gasteiger partial charge in [-0.25, -0.2) is 9.97 Å². The molecule has 0 N–H and O–H groups in total. The molecule has 0 spiro atoms. The van der Waals surface area contributed by atoms with Crippen molar-refractivity contribution in [2.45, 2.75) is 0 Å². The molecule has 3 aromatic heterocycles. The zero-order valence-electron chi connectivity index (χ0n) is 34.7. The van der Waals surface area contributed by atoms with E-state index in [9.17, 15) is 0 Å². The van der Waals surface area contributed by atoms with E-state index in [-0.39, 0.29) is 0 Å². The van der Waals surface area contributed by atoms with Crippen LogP contribution in [0.5, 0.6) is 0 Å². The van der Waals surface area contributed by atoms with Crippen molar-refractivity contribution in [3.05, 3.63) is 231 Å². The first-order valence-electron chi connectivity index (χ1n) is 21.8. The minimum absolute atomic E-state index is 0.859. The van der Waals surface area contributed by atoms with Crippen LogP contribution in [0.1, 0.15) is 0 Å². The van der Waals surface area contributed by atoms with Gasteiger partial charge < -0.3 is 9.13 Å². The molecule has 3 heterocycles. The highest BCUT2D eigenvalue weighted by molar-refractivity contribution is 6.27. The monoisotopic (exact) mass is 814 g/mol. The standard InChI is InChI=1S/C60H38N4/c1-5-18-39(19-6-1)49-37-57-58(48-30-14-13-28-46(48)49)51-36-50-47-29-15-16-31-54(47)64(55(50)38-56(51)63(57)44-25-11-4-12-26-44)45-27-17-24-42(34-45)43-32-33-52-53(35-43)62-60(41-22-9-3-10-23-41)59(61-52)40-20-7-2-8-21-40/h1-38H. The van der Waals surface area contributed by atoms with Crippen molar-refractivity contribution in [1.29, 1.82) is 0 Å². The van der Waals surface area contributed by atoms with Crippen LogP contribution in [-0.2, 0) is 0 Å². The number of hydrogen-bond donors (Lipinski definition) is 0. The van der Waals surface area contributed by atoms with Gasteiger partial charge in [0.25, 0.3) is 0 Å². The Balaban J connectivity index is 1.03. The van der Waals surface area contributed by atoms with E-state index >= 15 is 0 Å². The summed E-state index contributed by atoms with van der Waals surface area (Å²) in [5.74, 6) is 0. The van der Waals surface area contributed by atoms with Crippen molar-refractivity contribution in [1.82, 2.24) is 19.1 Å². The van der Waals surface area contributed by atoms with Gasteiger partial charge in [0.2, 0.25) is 0 Å². The fourth-order valence-electron chi connectivity index (χ4n) is 9.98. The molecular formula is C60H38N4. The Hall–Kier alpha value is -8.60. The van der Waals surface area contributed by atoms with Gasteiger partial charge in [0.1, 0.15) is 0 Å². The predicted octanol–water partition coefficient (Wildman–Crippen LogP) is 15.6. The summed E-state index contributed by atoms with van der Waals surface area (Å²) in [4.78, 5) is 10.5. The fourth-order valence-corrected chi connectivity index (χ4v) is 9.98. The Bertz CT molecular complexity index is 3930. The molecule has 0 fully saturated rings. The number of aromatic nitrogens is 4. The van der Waals surface area contributed by atoms with Crippen LogP contribution < -0.4 is 0 Å². The topological polar surface area (TPSA) is 35.6 Å². The zero-order valence-corrected chi connectivity index (χ0v) is 34.7. The highest BCUT2D eigenvalue weighted by Gasteiger charge is 2.22. The number of fused-ring (bicyclic) bond motifs is 9. The summed E-state index contributed by atoms with van der Waals surface area (Å²) in [6.07, 6.45) is 0. The molecule has 0 aliphatic rings. The van der Waals surface area contributed by atoms with Crippen LogP contribution in [0.15, 0.2) is 231 Å². The maximum atomic E-state index is 5.31. The molecule has 0 aliphatic carbocycles. The van der Waals surface area contributed by atoms with Crippen LogP contribution in [-0.4, -0.2) is 19.1 Å². The third-order valence-corrected chi connectivity index (χ3v) is 12.9. The quantitative estimate of drug-likeness (QED) is 0.168. The largest absolute Gasteiger partial charge is 0.309 e. The molecule has 10 aromatic carbocycles. The molecule has 64 heavy (non-hydrogen) atoms. The normalized spacial score (nSPS) is 11.8. The average Bonchev–Trinajstić information content (AvgIpc) is 3.87. The molecule has 0 unspecified atom stereocenters. The lowest BCUT2D eigenvalue weighted by molar-refractivity contribution is 1.17. The fraction of sp³-hybridized carbons (Fsp3) is 0. The third kappa shape index (κ3) is 5.70. The molecule has 0 bridgehead atoms. The van der Waals surface area contributed by atoms with E-state index in [4.69, 9.17) is 9.97 Å². The molecule has 0 aliphatic heterocycles. The number of para-hydroxylation sites is 2. The van der Waals surface area contributed by atoms with Gasteiger partial charge in [-0.1, -0.05) is 170 Å². The van der Waals surface area contributed by atoms with Gasteiger partial charge in [-0.05, 0) is 93.7 Å². The van der Waals surface area contributed by atoms with Gasteiger partial charge in [-0.2, -0.15) is 0 Å². The van der Waals surface area contributed by atoms with Gasteiger partial charge in [-0.3, -0.25) is 0 Å². The van der Waals surface area contributed by atoms with Crippen molar-refractivity contribution in [3.63, 3.8) is 0 Å². The molecule has 13 rings (SSSR count). The molecular weight excluding hydrogens is 777 g/mol. The first kappa shape index (κ1) is 36.1. The lowest BCUT2D eigenvalue weighted by Gasteiger charge is -2.13. The summed E-state index contributed by atoms with van der Waals surface area (Å²) in [7, 11) is 0. The smallest absolute Gasteiger partial charge is 0.0973 e. The Morgan fingerprint density at radius 3 is 1.52 bits per heavy atom. The molecule has 13 aromatic rings. The Morgan fingerprint density at radius 1 is 0.266 bits per heavy atom. The van der Waals surface area contributed by atoms with Crippen molar-refractivity contribution in [2.75, 3.05) is 0 Å². The van der Waals surface area contributed by atoms with Crippen molar-refractivity contribution in [3.8, 4) is 56.1 Å². The summed E-state index contributed by atoms with van der Waals surface area (Å²) >= 11 is 0. The average molecular weight is 815 g/mol. The van der Waals surface area contributed by atoms with Crippen LogP contribution in [0, 0.1) is 0 Å². The molecule has 0 saturated carbocycles. The second-order valence-corrected chi connectivity index (χ2v) is 16.5. The summed E-state index contributed by atoms with van der Waals surface area (Å²) in [5, 5.41) is 7.45. The highest BCUT2D eigenvalue weighted by atomic mass is 15.0. The minimum atomic E-state index is 0.859. The van der Waals surface area contributed by atoms with Gasteiger partial charge in [-0.15, -0.1) is 0 Å². The van der Waals surface area contributed by atoms with Gasteiger partial charge in [0.15, 0.2) is 0 Å². The third-order valence-electron chi connectivity index (χ3n) is 12.9. The van der Waals surface area contributed by atoms with Crippen molar-refractivity contribution < 1.29 is 0 Å². The second kappa shape index (κ2) is 14.5. The van der Waals surface area contributed by atoms with E-state index in [2.05, 4.69) is 228 Å². The van der Waals surface area contributed by atoms with Crippen molar-refractivity contribution >= 4 is 65.4 Å². The van der Waals surface area contributed by atoms with Crippen LogP contribution in [0.25, 0.3) is 122 Å². The lowest BCUT2D eigenvalue weighted by atomic mass is 9.94. The number of nitrogens with zero attached hydrogens (tertiary/aromatic N) is 4. The maximum Gasteiger partial charge on any atom is 0.0973 e. The first-order valence-corrected chi connectivity index (χ1v) is 21.8. The van der Waals surface area contributed by atoms with E-state index < -0.39 is 0 Å². The van der Waals surface area contributed by atoms with Crippen molar-refractivity contribution in [2.24, 2.45) is 0 Å². The van der Waals surface area contributed by atoms with Crippen LogP contribution >= 0.6 is 0 Å². The Kier molecular flexibility index (Phi) is 8.18. The van der Waals surface area contributed by atoms with Gasteiger partial charge in [0, 0.05) is 44.0 Å². The predicted molar refractivity (Wildman–Crippen MR) is 267 cm³/mol. The molecule has 0 atom stereocenters. The van der Waals surface area contributed by atoms with E-state index in [0.717, 1.165) is 61.6 Å². The molecule has 0 saturated heterocycles. The summed E-state index contributed by atoms with van der Waals surface area (Å²) in [5.41, 5.74) is 17.1. The number of benzene rings is 10. The summed E-state index contributed by atoms with van der Waals surface area (Å²) in [6.45, 7) is 0. The highest BCUT2D eigenvalue weighted by Crippen LogP contribution is 2.45. The molecule has 0 radical (unpaired) electrons. The Labute approximate surface area is 369 Å². The molecule has 298 valence electrons.